The quantitative estimate of drug-likeness (QED) is 0.810. The summed E-state index contributed by atoms with van der Waals surface area (Å²) in [7, 11) is -3.55. The summed E-state index contributed by atoms with van der Waals surface area (Å²) in [6.45, 7) is 8.06. The standard InChI is InChI=1S/C17H26ClN3O3S/c1-4-17(2,3)19-16(22)13-20-8-10-21(11-9-20)25(23,24)15-7-5-6-14(18)12-15/h5-7,12H,4,8-11,13H2,1-3H3,(H,19,22). The Hall–Kier alpha value is -1.15. The van der Waals surface area contributed by atoms with Crippen molar-refractivity contribution in [3.8, 4) is 0 Å². The third kappa shape index (κ3) is 5.41. The van der Waals surface area contributed by atoms with Crippen LogP contribution in [-0.2, 0) is 14.8 Å². The minimum atomic E-state index is -3.55. The Morgan fingerprint density at radius 3 is 2.44 bits per heavy atom. The van der Waals surface area contributed by atoms with Gasteiger partial charge in [0.2, 0.25) is 15.9 Å². The van der Waals surface area contributed by atoms with Crippen LogP contribution in [0.1, 0.15) is 27.2 Å². The van der Waals surface area contributed by atoms with Crippen molar-refractivity contribution in [2.75, 3.05) is 32.7 Å². The van der Waals surface area contributed by atoms with E-state index in [-0.39, 0.29) is 22.9 Å². The molecule has 0 radical (unpaired) electrons. The first-order valence-electron chi connectivity index (χ1n) is 8.43. The van der Waals surface area contributed by atoms with Gasteiger partial charge in [-0.1, -0.05) is 24.6 Å². The highest BCUT2D eigenvalue weighted by Gasteiger charge is 2.29. The molecule has 6 nitrogen and oxygen atoms in total. The number of carbonyl (C=O) groups excluding carboxylic acids is 1. The molecule has 0 aliphatic carbocycles. The van der Waals surface area contributed by atoms with Crippen molar-refractivity contribution in [3.05, 3.63) is 29.3 Å². The van der Waals surface area contributed by atoms with Crippen molar-refractivity contribution in [2.24, 2.45) is 0 Å². The molecular formula is C17H26ClN3O3S. The topological polar surface area (TPSA) is 69.7 Å². The molecule has 0 atom stereocenters. The molecule has 1 N–H and O–H groups in total. The molecule has 140 valence electrons. The van der Waals surface area contributed by atoms with Crippen molar-refractivity contribution in [1.82, 2.24) is 14.5 Å². The zero-order valence-corrected chi connectivity index (χ0v) is 16.5. The minimum Gasteiger partial charge on any atom is -0.350 e. The second-order valence-electron chi connectivity index (χ2n) is 6.92. The number of rotatable bonds is 6. The molecule has 1 fully saturated rings. The van der Waals surface area contributed by atoms with Crippen molar-refractivity contribution >= 4 is 27.5 Å². The molecule has 1 aliphatic heterocycles. The van der Waals surface area contributed by atoms with Gasteiger partial charge in [-0.25, -0.2) is 8.42 Å². The van der Waals surface area contributed by atoms with Crippen LogP contribution in [-0.4, -0.2) is 61.8 Å². The zero-order chi connectivity index (χ0) is 18.7. The Kier molecular flexibility index (Phi) is 6.48. The maximum absolute atomic E-state index is 12.7. The van der Waals surface area contributed by atoms with Gasteiger partial charge >= 0.3 is 0 Å². The van der Waals surface area contributed by atoms with E-state index >= 15 is 0 Å². The van der Waals surface area contributed by atoms with Gasteiger partial charge in [0, 0.05) is 36.7 Å². The van der Waals surface area contributed by atoms with Gasteiger partial charge in [0.15, 0.2) is 0 Å². The van der Waals surface area contributed by atoms with Crippen LogP contribution < -0.4 is 5.32 Å². The fourth-order valence-electron chi connectivity index (χ4n) is 2.61. The van der Waals surface area contributed by atoms with Gasteiger partial charge in [0.25, 0.3) is 0 Å². The van der Waals surface area contributed by atoms with E-state index in [0.717, 1.165) is 6.42 Å². The first kappa shape index (κ1) is 20.2. The van der Waals surface area contributed by atoms with Gasteiger partial charge in [0.05, 0.1) is 11.4 Å². The van der Waals surface area contributed by atoms with Crippen molar-refractivity contribution in [1.29, 1.82) is 0 Å². The summed E-state index contributed by atoms with van der Waals surface area (Å²) in [5.74, 6) is -0.0296. The first-order valence-corrected chi connectivity index (χ1v) is 10.2. The monoisotopic (exact) mass is 387 g/mol. The number of hydrogen-bond acceptors (Lipinski definition) is 4. The van der Waals surface area contributed by atoms with Gasteiger partial charge in [0.1, 0.15) is 0 Å². The van der Waals surface area contributed by atoms with Crippen LogP contribution >= 0.6 is 11.6 Å². The lowest BCUT2D eigenvalue weighted by Gasteiger charge is -2.34. The maximum atomic E-state index is 12.7. The first-order chi connectivity index (χ1) is 11.6. The Morgan fingerprint density at radius 1 is 1.24 bits per heavy atom. The van der Waals surface area contributed by atoms with Crippen LogP contribution in [0.15, 0.2) is 29.2 Å². The lowest BCUT2D eigenvalue weighted by Crippen LogP contribution is -2.53. The molecule has 8 heteroatoms. The van der Waals surface area contributed by atoms with Crippen LogP contribution in [0.4, 0.5) is 0 Å². The molecule has 0 unspecified atom stereocenters. The van der Waals surface area contributed by atoms with Crippen molar-refractivity contribution in [3.63, 3.8) is 0 Å². The number of nitrogens with zero attached hydrogens (tertiary/aromatic N) is 2. The predicted molar refractivity (Wildman–Crippen MR) is 99.2 cm³/mol. The normalized spacial score (nSPS) is 17.4. The second-order valence-corrected chi connectivity index (χ2v) is 9.30. The highest BCUT2D eigenvalue weighted by molar-refractivity contribution is 7.89. The van der Waals surface area contributed by atoms with Crippen LogP contribution in [0.3, 0.4) is 0 Å². The zero-order valence-electron chi connectivity index (χ0n) is 15.0. The van der Waals surface area contributed by atoms with Gasteiger partial charge in [-0.3, -0.25) is 9.69 Å². The smallest absolute Gasteiger partial charge is 0.243 e. The third-order valence-corrected chi connectivity index (χ3v) is 6.62. The molecule has 1 aromatic rings. The number of halogens is 1. The van der Waals surface area contributed by atoms with E-state index in [0.29, 0.717) is 31.2 Å². The second kappa shape index (κ2) is 8.03. The molecular weight excluding hydrogens is 362 g/mol. The van der Waals surface area contributed by atoms with Gasteiger partial charge in [-0.05, 0) is 38.5 Å². The number of hydrogen-bond donors (Lipinski definition) is 1. The predicted octanol–water partition coefficient (Wildman–Crippen LogP) is 1.95. The molecule has 2 rings (SSSR count). The van der Waals surface area contributed by atoms with E-state index in [9.17, 15) is 13.2 Å². The van der Waals surface area contributed by atoms with E-state index in [4.69, 9.17) is 11.6 Å². The number of sulfonamides is 1. The lowest BCUT2D eigenvalue weighted by atomic mass is 10.0. The number of nitrogens with one attached hydrogen (secondary N) is 1. The molecule has 0 bridgehead atoms. The van der Waals surface area contributed by atoms with Crippen LogP contribution in [0.25, 0.3) is 0 Å². The van der Waals surface area contributed by atoms with Crippen molar-refractivity contribution < 1.29 is 13.2 Å². The van der Waals surface area contributed by atoms with Gasteiger partial charge in [-0.2, -0.15) is 4.31 Å². The van der Waals surface area contributed by atoms with E-state index in [2.05, 4.69) is 5.32 Å². The number of benzene rings is 1. The molecule has 1 aromatic carbocycles. The summed E-state index contributed by atoms with van der Waals surface area (Å²) in [6.07, 6.45) is 0.852. The Balaban J connectivity index is 1.92. The van der Waals surface area contributed by atoms with Crippen LogP contribution in [0.5, 0.6) is 0 Å². The molecule has 0 saturated carbocycles. The maximum Gasteiger partial charge on any atom is 0.243 e. The number of piperazine rings is 1. The average molecular weight is 388 g/mol. The SMILES string of the molecule is CCC(C)(C)NC(=O)CN1CCN(S(=O)(=O)c2cccc(Cl)c2)CC1. The summed E-state index contributed by atoms with van der Waals surface area (Å²) in [6, 6.07) is 6.29. The molecule has 0 aromatic heterocycles. The van der Waals surface area contributed by atoms with E-state index in [1.165, 1.54) is 10.4 Å². The average Bonchev–Trinajstić information content (AvgIpc) is 2.55. The molecule has 1 heterocycles. The fourth-order valence-corrected chi connectivity index (χ4v) is 4.34. The van der Waals surface area contributed by atoms with Crippen molar-refractivity contribution in [2.45, 2.75) is 37.6 Å². The summed E-state index contributed by atoms with van der Waals surface area (Å²) >= 11 is 5.90. The third-order valence-electron chi connectivity index (χ3n) is 4.49. The molecule has 25 heavy (non-hydrogen) atoms. The Bertz CT molecular complexity index is 714. The van der Waals surface area contributed by atoms with Crippen LogP contribution in [0.2, 0.25) is 5.02 Å². The van der Waals surface area contributed by atoms with Gasteiger partial charge < -0.3 is 5.32 Å². The summed E-state index contributed by atoms with van der Waals surface area (Å²) in [4.78, 5) is 14.3. The molecule has 1 aliphatic rings. The van der Waals surface area contributed by atoms with Crippen LogP contribution in [0, 0.1) is 0 Å². The number of amides is 1. The minimum absolute atomic E-state index is 0.0296. The molecule has 1 amide bonds. The summed E-state index contributed by atoms with van der Waals surface area (Å²) in [5.41, 5.74) is -0.227. The summed E-state index contributed by atoms with van der Waals surface area (Å²) in [5, 5.41) is 3.40. The number of carbonyl (C=O) groups is 1. The van der Waals surface area contributed by atoms with E-state index < -0.39 is 10.0 Å². The van der Waals surface area contributed by atoms with Gasteiger partial charge in [-0.15, -0.1) is 0 Å². The largest absolute Gasteiger partial charge is 0.350 e. The lowest BCUT2D eigenvalue weighted by molar-refractivity contribution is -0.124. The highest BCUT2D eigenvalue weighted by Crippen LogP contribution is 2.20. The Labute approximate surface area is 155 Å². The Morgan fingerprint density at radius 2 is 1.88 bits per heavy atom. The summed E-state index contributed by atoms with van der Waals surface area (Å²) < 4.78 is 26.8. The highest BCUT2D eigenvalue weighted by atomic mass is 35.5. The van der Waals surface area contributed by atoms with E-state index in [1.54, 1.807) is 18.2 Å². The molecule has 1 saturated heterocycles. The fraction of sp³-hybridized carbons (Fsp3) is 0.588. The van der Waals surface area contributed by atoms with E-state index in [1.807, 2.05) is 25.7 Å². The molecule has 0 spiro atoms.